The molecule has 2 heterocycles. The summed E-state index contributed by atoms with van der Waals surface area (Å²) in [4.78, 5) is 37.8. The zero-order valence-electron chi connectivity index (χ0n) is 20.3. The van der Waals surface area contributed by atoms with Crippen LogP contribution in [0.15, 0.2) is 42.5 Å². The van der Waals surface area contributed by atoms with E-state index in [1.54, 1.807) is 11.0 Å². The van der Waals surface area contributed by atoms with Gasteiger partial charge in [-0.1, -0.05) is 30.3 Å². The topological polar surface area (TPSA) is 106 Å². The van der Waals surface area contributed by atoms with Crippen molar-refractivity contribution < 1.29 is 19.1 Å². The maximum absolute atomic E-state index is 13.1. The van der Waals surface area contributed by atoms with Gasteiger partial charge in [0.05, 0.1) is 18.3 Å². The van der Waals surface area contributed by atoms with Gasteiger partial charge in [0.2, 0.25) is 6.41 Å². The molecule has 9 nitrogen and oxygen atoms in total. The summed E-state index contributed by atoms with van der Waals surface area (Å²) in [5, 5.41) is 9.41. The summed E-state index contributed by atoms with van der Waals surface area (Å²) >= 11 is 0. The third-order valence-electron chi connectivity index (χ3n) is 6.28. The summed E-state index contributed by atoms with van der Waals surface area (Å²) in [6.45, 7) is 7.07. The number of benzene rings is 2. The number of urea groups is 1. The smallest absolute Gasteiger partial charge is 0.321 e. The predicted molar refractivity (Wildman–Crippen MR) is 131 cm³/mol. The molecule has 0 bridgehead atoms. The first kappa shape index (κ1) is 24.0. The van der Waals surface area contributed by atoms with Crippen molar-refractivity contribution in [3.05, 3.63) is 70.5 Å². The molecule has 1 aliphatic heterocycles. The molecule has 1 aromatic heterocycles. The predicted octanol–water partition coefficient (Wildman–Crippen LogP) is 3.26. The minimum absolute atomic E-state index is 0.123. The molecule has 1 aliphatic rings. The highest BCUT2D eigenvalue weighted by Gasteiger charge is 2.30. The van der Waals surface area contributed by atoms with Gasteiger partial charge in [-0.05, 0) is 49.6 Å². The average molecular weight is 476 g/mol. The lowest BCUT2D eigenvalue weighted by molar-refractivity contribution is -0.108. The summed E-state index contributed by atoms with van der Waals surface area (Å²) in [5.74, 6) is 0.528. The first-order chi connectivity index (χ1) is 16.8. The summed E-state index contributed by atoms with van der Waals surface area (Å²) in [7, 11) is 1.91. The van der Waals surface area contributed by atoms with Crippen molar-refractivity contribution in [2.24, 2.45) is 7.05 Å². The second-order valence-corrected chi connectivity index (χ2v) is 8.52. The van der Waals surface area contributed by atoms with Crippen LogP contribution >= 0.6 is 0 Å². The van der Waals surface area contributed by atoms with E-state index in [1.165, 1.54) is 0 Å². The standard InChI is InChI=1S/C26H29N5O4/c1-5-35-21-11-10-20-13-31(25(33)22(20)12-21)14-23(28-26(34)27-15-32)18-6-8-19(9-7-18)24-16(2)29-30(4)17(24)3/h6-12,15,23H,5,13-14H2,1-4H3,(H2,27,28,32,34)/t23-/m0/s1. The van der Waals surface area contributed by atoms with Crippen molar-refractivity contribution in [1.29, 1.82) is 0 Å². The molecule has 4 amide bonds. The zero-order chi connectivity index (χ0) is 25.1. The first-order valence-corrected chi connectivity index (χ1v) is 11.5. The largest absolute Gasteiger partial charge is 0.494 e. The minimum atomic E-state index is -0.629. The summed E-state index contributed by atoms with van der Waals surface area (Å²) in [6, 6.07) is 12.2. The molecular weight excluding hydrogens is 446 g/mol. The SMILES string of the molecule is CCOc1ccc2c(c1)C(=O)N(C[C@H](NC(=O)NC=O)c1ccc(-c3c(C)nn(C)c3C)cc1)C2. The van der Waals surface area contributed by atoms with Gasteiger partial charge in [-0.15, -0.1) is 0 Å². The molecule has 0 unspecified atom stereocenters. The lowest BCUT2D eigenvalue weighted by Crippen LogP contribution is -2.42. The Kier molecular flexibility index (Phi) is 6.86. The van der Waals surface area contributed by atoms with Crippen LogP contribution in [0.5, 0.6) is 5.75 Å². The van der Waals surface area contributed by atoms with Gasteiger partial charge in [0.15, 0.2) is 0 Å². The van der Waals surface area contributed by atoms with Gasteiger partial charge in [-0.2, -0.15) is 5.10 Å². The van der Waals surface area contributed by atoms with Crippen LogP contribution in [0.2, 0.25) is 0 Å². The molecule has 2 N–H and O–H groups in total. The number of amides is 4. The van der Waals surface area contributed by atoms with E-state index in [0.29, 0.717) is 30.9 Å². The lowest BCUT2D eigenvalue weighted by atomic mass is 9.99. The van der Waals surface area contributed by atoms with E-state index in [9.17, 15) is 14.4 Å². The number of carbonyl (C=O) groups is 3. The molecule has 0 spiro atoms. The number of aromatic nitrogens is 2. The highest BCUT2D eigenvalue weighted by atomic mass is 16.5. The summed E-state index contributed by atoms with van der Waals surface area (Å²) in [5.41, 5.74) is 6.40. The van der Waals surface area contributed by atoms with E-state index in [0.717, 1.165) is 33.6 Å². The zero-order valence-corrected chi connectivity index (χ0v) is 20.3. The number of fused-ring (bicyclic) bond motifs is 1. The fourth-order valence-corrected chi connectivity index (χ4v) is 4.53. The van der Waals surface area contributed by atoms with Crippen molar-refractivity contribution in [1.82, 2.24) is 25.3 Å². The van der Waals surface area contributed by atoms with Crippen molar-refractivity contribution >= 4 is 18.3 Å². The number of hydrogen-bond acceptors (Lipinski definition) is 5. The molecule has 9 heteroatoms. The molecule has 35 heavy (non-hydrogen) atoms. The molecule has 0 saturated heterocycles. The minimum Gasteiger partial charge on any atom is -0.494 e. The maximum atomic E-state index is 13.1. The molecule has 2 aromatic carbocycles. The number of nitrogens with one attached hydrogen (secondary N) is 2. The van der Waals surface area contributed by atoms with Gasteiger partial charge in [0.25, 0.3) is 5.91 Å². The molecule has 0 saturated carbocycles. The van der Waals surface area contributed by atoms with Crippen molar-refractivity contribution in [3.63, 3.8) is 0 Å². The Hall–Kier alpha value is -4.14. The highest BCUT2D eigenvalue weighted by molar-refractivity contribution is 5.98. The average Bonchev–Trinajstić information content (AvgIpc) is 3.28. The maximum Gasteiger partial charge on any atom is 0.321 e. The van der Waals surface area contributed by atoms with E-state index < -0.39 is 12.1 Å². The Bertz CT molecular complexity index is 1270. The van der Waals surface area contributed by atoms with E-state index in [-0.39, 0.29) is 12.5 Å². The lowest BCUT2D eigenvalue weighted by Gasteiger charge is -2.25. The number of hydrogen-bond donors (Lipinski definition) is 2. The van der Waals surface area contributed by atoms with Crippen LogP contribution in [0.25, 0.3) is 11.1 Å². The number of carbonyl (C=O) groups excluding carboxylic acids is 3. The van der Waals surface area contributed by atoms with Gasteiger partial charge < -0.3 is 15.0 Å². The third-order valence-corrected chi connectivity index (χ3v) is 6.28. The van der Waals surface area contributed by atoms with Crippen LogP contribution in [0, 0.1) is 13.8 Å². The van der Waals surface area contributed by atoms with Crippen LogP contribution in [-0.4, -0.2) is 46.2 Å². The Morgan fingerprint density at radius 1 is 1.20 bits per heavy atom. The number of ether oxygens (including phenoxy) is 1. The van der Waals surface area contributed by atoms with Crippen LogP contribution in [0.4, 0.5) is 4.79 Å². The number of imide groups is 1. The monoisotopic (exact) mass is 475 g/mol. The van der Waals surface area contributed by atoms with Crippen molar-refractivity contribution in [2.45, 2.75) is 33.4 Å². The van der Waals surface area contributed by atoms with E-state index in [2.05, 4.69) is 15.7 Å². The van der Waals surface area contributed by atoms with Crippen LogP contribution in [0.1, 0.15) is 45.8 Å². The Labute approximate surface area is 204 Å². The van der Waals surface area contributed by atoms with Gasteiger partial charge in [0.1, 0.15) is 5.75 Å². The molecule has 0 radical (unpaired) electrons. The Balaban J connectivity index is 1.58. The highest BCUT2D eigenvalue weighted by Crippen LogP contribution is 2.30. The van der Waals surface area contributed by atoms with Gasteiger partial charge in [-0.25, -0.2) is 4.79 Å². The Morgan fingerprint density at radius 3 is 2.57 bits per heavy atom. The second-order valence-electron chi connectivity index (χ2n) is 8.52. The molecule has 3 aromatic rings. The fourth-order valence-electron chi connectivity index (χ4n) is 4.53. The van der Waals surface area contributed by atoms with E-state index in [4.69, 9.17) is 4.74 Å². The number of rotatable bonds is 8. The second kappa shape index (κ2) is 10.0. The van der Waals surface area contributed by atoms with Crippen molar-refractivity contribution in [2.75, 3.05) is 13.2 Å². The summed E-state index contributed by atoms with van der Waals surface area (Å²) in [6.07, 6.45) is 0.329. The Morgan fingerprint density at radius 2 is 1.94 bits per heavy atom. The van der Waals surface area contributed by atoms with Crippen LogP contribution in [0.3, 0.4) is 0 Å². The quantitative estimate of drug-likeness (QED) is 0.487. The molecule has 4 rings (SSSR count). The normalized spacial score (nSPS) is 13.4. The van der Waals surface area contributed by atoms with E-state index >= 15 is 0 Å². The molecule has 1 atom stereocenters. The number of aryl methyl sites for hydroxylation is 2. The van der Waals surface area contributed by atoms with Gasteiger partial charge >= 0.3 is 6.03 Å². The van der Waals surface area contributed by atoms with Gasteiger partial charge in [-0.3, -0.25) is 19.6 Å². The summed E-state index contributed by atoms with van der Waals surface area (Å²) < 4.78 is 7.38. The van der Waals surface area contributed by atoms with Crippen molar-refractivity contribution in [3.8, 4) is 16.9 Å². The molecule has 182 valence electrons. The molecular formula is C26H29N5O4. The first-order valence-electron chi connectivity index (χ1n) is 11.5. The van der Waals surface area contributed by atoms with E-state index in [1.807, 2.05) is 68.9 Å². The van der Waals surface area contributed by atoms with Crippen LogP contribution < -0.4 is 15.4 Å². The third kappa shape index (κ3) is 4.89. The van der Waals surface area contributed by atoms with Crippen LogP contribution in [-0.2, 0) is 18.4 Å². The molecule has 0 aliphatic carbocycles. The fraction of sp³-hybridized carbons (Fsp3) is 0.308. The van der Waals surface area contributed by atoms with Gasteiger partial charge in [0, 0.05) is 37.0 Å². The molecule has 0 fully saturated rings. The number of nitrogens with zero attached hydrogens (tertiary/aromatic N) is 3.